The van der Waals surface area contributed by atoms with Crippen LogP contribution in [0.25, 0.3) is 21.5 Å². The molecule has 0 amide bonds. The van der Waals surface area contributed by atoms with E-state index in [0.717, 1.165) is 37.6 Å². The fourth-order valence-corrected chi connectivity index (χ4v) is 4.92. The first-order chi connectivity index (χ1) is 15.1. The maximum Gasteiger partial charge on any atom is 0.269 e. The molecule has 1 aliphatic heterocycles. The van der Waals surface area contributed by atoms with Crippen molar-refractivity contribution < 1.29 is 4.92 Å². The summed E-state index contributed by atoms with van der Waals surface area (Å²) in [4.78, 5) is 15.6. The average Bonchev–Trinajstić information content (AvgIpc) is 3.23. The predicted molar refractivity (Wildman–Crippen MR) is 128 cm³/mol. The summed E-state index contributed by atoms with van der Waals surface area (Å²) in [7, 11) is 0. The number of hydrogen-bond donors (Lipinski definition) is 2. The minimum Gasteiger partial charge on any atom is -0.351 e. The summed E-state index contributed by atoms with van der Waals surface area (Å²) in [5.74, 6) is 0. The molecule has 5 rings (SSSR count). The smallest absolute Gasteiger partial charge is 0.269 e. The molecule has 1 atom stereocenters. The van der Waals surface area contributed by atoms with Gasteiger partial charge in [0.25, 0.3) is 5.69 Å². The number of benzene rings is 3. The van der Waals surface area contributed by atoms with Gasteiger partial charge in [0, 0.05) is 17.7 Å². The standard InChI is InChI=1S/C23H16N4O2S2/c28-27(29)16-12-10-15(11-13-16)21-19(22-24-17-8-4-5-9-18(17)31-22)20(25-23(30)26-21)14-6-2-1-3-7-14/h1-13,21H,(H2,25,26,30)/t21-/m0/s1. The van der Waals surface area contributed by atoms with Crippen LogP contribution < -0.4 is 10.6 Å². The summed E-state index contributed by atoms with van der Waals surface area (Å²) in [5.41, 5.74) is 4.68. The molecule has 2 heterocycles. The van der Waals surface area contributed by atoms with E-state index in [1.165, 1.54) is 12.1 Å². The predicted octanol–water partition coefficient (Wildman–Crippen LogP) is 5.29. The van der Waals surface area contributed by atoms with E-state index in [4.69, 9.17) is 17.2 Å². The van der Waals surface area contributed by atoms with Crippen molar-refractivity contribution in [2.45, 2.75) is 6.04 Å². The number of nitro benzene ring substituents is 1. The second-order valence-corrected chi connectivity index (χ2v) is 8.46. The first kappa shape index (κ1) is 19.3. The van der Waals surface area contributed by atoms with Crippen LogP contribution in [0.4, 0.5) is 5.69 Å². The van der Waals surface area contributed by atoms with Crippen LogP contribution in [-0.4, -0.2) is 15.0 Å². The SMILES string of the molecule is O=[N+]([O-])c1ccc([C@@H]2NC(=S)NC(c3ccccc3)=C2c2nc3ccccc3s2)cc1. The van der Waals surface area contributed by atoms with Crippen molar-refractivity contribution >= 4 is 55.8 Å². The van der Waals surface area contributed by atoms with E-state index in [1.807, 2.05) is 48.5 Å². The minimum atomic E-state index is -0.399. The van der Waals surface area contributed by atoms with Crippen LogP contribution >= 0.6 is 23.6 Å². The molecule has 1 aliphatic rings. The Kier molecular flexibility index (Phi) is 4.93. The van der Waals surface area contributed by atoms with Crippen LogP contribution in [0.5, 0.6) is 0 Å². The summed E-state index contributed by atoms with van der Waals surface area (Å²) in [5, 5.41) is 19.1. The van der Waals surface area contributed by atoms with E-state index in [9.17, 15) is 10.1 Å². The fourth-order valence-electron chi connectivity index (χ4n) is 3.65. The normalized spacial score (nSPS) is 16.1. The van der Waals surface area contributed by atoms with Gasteiger partial charge in [-0.25, -0.2) is 4.98 Å². The number of thiocarbonyl (C=S) groups is 1. The highest BCUT2D eigenvalue weighted by Crippen LogP contribution is 2.41. The molecule has 3 aromatic carbocycles. The summed E-state index contributed by atoms with van der Waals surface area (Å²) >= 11 is 7.12. The zero-order valence-corrected chi connectivity index (χ0v) is 17.7. The van der Waals surface area contributed by atoms with Crippen LogP contribution in [-0.2, 0) is 0 Å². The molecule has 0 bridgehead atoms. The quantitative estimate of drug-likeness (QED) is 0.253. The number of aromatic nitrogens is 1. The van der Waals surface area contributed by atoms with Crippen LogP contribution in [0.15, 0.2) is 78.9 Å². The molecule has 4 aromatic rings. The van der Waals surface area contributed by atoms with Gasteiger partial charge in [-0.05, 0) is 47.6 Å². The molecule has 0 saturated carbocycles. The third-order valence-electron chi connectivity index (χ3n) is 5.10. The highest BCUT2D eigenvalue weighted by Gasteiger charge is 2.31. The Balaban J connectivity index is 1.73. The number of nitro groups is 1. The molecule has 0 fully saturated rings. The van der Waals surface area contributed by atoms with Gasteiger partial charge in [-0.2, -0.15) is 0 Å². The van der Waals surface area contributed by atoms with Gasteiger partial charge in [-0.1, -0.05) is 42.5 Å². The largest absolute Gasteiger partial charge is 0.351 e. The van der Waals surface area contributed by atoms with Gasteiger partial charge in [0.05, 0.1) is 26.9 Å². The average molecular weight is 445 g/mol. The van der Waals surface area contributed by atoms with Gasteiger partial charge >= 0.3 is 0 Å². The topological polar surface area (TPSA) is 80.1 Å². The second-order valence-electron chi connectivity index (χ2n) is 7.02. The number of fused-ring (bicyclic) bond motifs is 1. The van der Waals surface area contributed by atoms with Gasteiger partial charge in [0.1, 0.15) is 5.01 Å². The van der Waals surface area contributed by atoms with Crippen LogP contribution in [0, 0.1) is 10.1 Å². The first-order valence-corrected chi connectivity index (χ1v) is 10.8. The van der Waals surface area contributed by atoms with Crippen molar-refractivity contribution in [1.29, 1.82) is 0 Å². The van der Waals surface area contributed by atoms with Crippen molar-refractivity contribution in [3.05, 3.63) is 105 Å². The van der Waals surface area contributed by atoms with Crippen LogP contribution in [0.2, 0.25) is 0 Å². The monoisotopic (exact) mass is 444 g/mol. The maximum absolute atomic E-state index is 11.1. The third-order valence-corrected chi connectivity index (χ3v) is 6.39. The van der Waals surface area contributed by atoms with E-state index in [0.29, 0.717) is 5.11 Å². The number of rotatable bonds is 4. The Morgan fingerprint density at radius 3 is 2.39 bits per heavy atom. The highest BCUT2D eigenvalue weighted by molar-refractivity contribution is 7.80. The minimum absolute atomic E-state index is 0.0501. The van der Waals surface area contributed by atoms with E-state index in [-0.39, 0.29) is 11.7 Å². The van der Waals surface area contributed by atoms with Crippen molar-refractivity contribution in [3.63, 3.8) is 0 Å². The Bertz CT molecular complexity index is 1300. The lowest BCUT2D eigenvalue weighted by Gasteiger charge is -2.31. The summed E-state index contributed by atoms with van der Waals surface area (Å²) in [6, 6.07) is 24.2. The Morgan fingerprint density at radius 1 is 0.968 bits per heavy atom. The summed E-state index contributed by atoms with van der Waals surface area (Å²) in [6.45, 7) is 0. The summed E-state index contributed by atoms with van der Waals surface area (Å²) < 4.78 is 1.09. The van der Waals surface area contributed by atoms with E-state index in [1.54, 1.807) is 23.5 Å². The number of non-ortho nitro benzene ring substituents is 1. The van der Waals surface area contributed by atoms with Gasteiger partial charge in [0.15, 0.2) is 5.11 Å². The zero-order valence-electron chi connectivity index (χ0n) is 16.1. The van der Waals surface area contributed by atoms with Crippen molar-refractivity contribution in [2.75, 3.05) is 0 Å². The molecule has 0 saturated heterocycles. The van der Waals surface area contributed by atoms with E-state index < -0.39 is 4.92 Å². The van der Waals surface area contributed by atoms with Crippen LogP contribution in [0.3, 0.4) is 0 Å². The number of nitrogens with one attached hydrogen (secondary N) is 2. The van der Waals surface area contributed by atoms with E-state index in [2.05, 4.69) is 16.7 Å². The number of hydrogen-bond acceptors (Lipinski definition) is 5. The Morgan fingerprint density at radius 2 is 1.68 bits per heavy atom. The molecular weight excluding hydrogens is 428 g/mol. The molecule has 0 spiro atoms. The lowest BCUT2D eigenvalue weighted by Crippen LogP contribution is -2.42. The molecule has 0 aliphatic carbocycles. The van der Waals surface area contributed by atoms with Gasteiger partial charge in [-0.3, -0.25) is 10.1 Å². The van der Waals surface area contributed by atoms with Crippen molar-refractivity contribution in [3.8, 4) is 0 Å². The maximum atomic E-state index is 11.1. The lowest BCUT2D eigenvalue weighted by atomic mass is 9.93. The molecule has 0 unspecified atom stereocenters. The van der Waals surface area contributed by atoms with Gasteiger partial charge in [0.2, 0.25) is 0 Å². The van der Waals surface area contributed by atoms with Crippen molar-refractivity contribution in [2.24, 2.45) is 0 Å². The number of thiazole rings is 1. The third kappa shape index (κ3) is 3.67. The molecule has 0 radical (unpaired) electrons. The summed E-state index contributed by atoms with van der Waals surface area (Å²) in [6.07, 6.45) is 0. The lowest BCUT2D eigenvalue weighted by molar-refractivity contribution is -0.384. The van der Waals surface area contributed by atoms with Gasteiger partial charge in [-0.15, -0.1) is 11.3 Å². The van der Waals surface area contributed by atoms with Crippen LogP contribution in [0.1, 0.15) is 22.2 Å². The molecule has 8 heteroatoms. The number of para-hydroxylation sites is 1. The zero-order chi connectivity index (χ0) is 21.4. The molecule has 2 N–H and O–H groups in total. The molecule has 31 heavy (non-hydrogen) atoms. The highest BCUT2D eigenvalue weighted by atomic mass is 32.1. The second kappa shape index (κ2) is 7.90. The Hall–Kier alpha value is -3.62. The number of nitrogens with zero attached hydrogens (tertiary/aromatic N) is 2. The van der Waals surface area contributed by atoms with E-state index >= 15 is 0 Å². The first-order valence-electron chi connectivity index (χ1n) is 9.57. The molecule has 152 valence electrons. The van der Waals surface area contributed by atoms with Gasteiger partial charge < -0.3 is 10.6 Å². The van der Waals surface area contributed by atoms with Crippen molar-refractivity contribution in [1.82, 2.24) is 15.6 Å². The Labute approximate surface area is 187 Å². The fraction of sp³-hybridized carbons (Fsp3) is 0.0435. The molecule has 6 nitrogen and oxygen atoms in total. The molecular formula is C23H16N4O2S2. The molecule has 1 aromatic heterocycles.